The summed E-state index contributed by atoms with van der Waals surface area (Å²) in [5.41, 5.74) is 22.6. The molecule has 8 saturated heterocycles. The van der Waals surface area contributed by atoms with Crippen molar-refractivity contribution in [2.24, 2.45) is 0 Å². The zero-order chi connectivity index (χ0) is 102. The van der Waals surface area contributed by atoms with Crippen molar-refractivity contribution in [1.82, 2.24) is 120 Å². The largest absolute Gasteiger partial charge is 0.393 e. The van der Waals surface area contributed by atoms with Gasteiger partial charge in [-0.05, 0) is 289 Å². The van der Waals surface area contributed by atoms with E-state index in [2.05, 4.69) is 143 Å². The molecule has 24 rings (SSSR count). The summed E-state index contributed by atoms with van der Waals surface area (Å²) in [4.78, 5) is 106. The van der Waals surface area contributed by atoms with Gasteiger partial charge in [0.25, 0.3) is 35.5 Å². The van der Waals surface area contributed by atoms with Gasteiger partial charge in [0.15, 0.2) is 22.8 Å². The van der Waals surface area contributed by atoms with E-state index in [1.807, 2.05) is 163 Å². The summed E-state index contributed by atoms with van der Waals surface area (Å²) in [7, 11) is 0. The minimum absolute atomic E-state index is 0.110. The molecule has 20 heterocycles. The van der Waals surface area contributed by atoms with Crippen molar-refractivity contribution in [2.45, 2.75) is 160 Å². The van der Waals surface area contributed by atoms with Gasteiger partial charge < -0.3 is 26.4 Å². The molecule has 0 atom stereocenters. The van der Waals surface area contributed by atoms with Crippen LogP contribution in [0, 0.1) is 0 Å². The van der Waals surface area contributed by atoms with Crippen LogP contribution in [0.4, 0.5) is 40.3 Å². The van der Waals surface area contributed by atoms with Crippen molar-refractivity contribution in [1.29, 1.82) is 0 Å². The van der Waals surface area contributed by atoms with E-state index < -0.39 is 11.8 Å². The highest BCUT2D eigenvalue weighted by atomic mass is 19.3. The lowest BCUT2D eigenvalue weighted by molar-refractivity contribution is -0.0566. The number of likely N-dealkylation sites (tertiary alicyclic amines) is 8. The molecule has 0 aliphatic carbocycles. The number of aliphatic hydroxyl groups is 1. The van der Waals surface area contributed by atoms with Crippen LogP contribution in [0.2, 0.25) is 0 Å². The maximum absolute atomic E-state index is 13.6. The van der Waals surface area contributed by atoms with Crippen LogP contribution in [0.15, 0.2) is 220 Å². The Kier molecular flexibility index (Phi) is 31.4. The zero-order valence-electron chi connectivity index (χ0n) is 83.8. The number of halogens is 4. The van der Waals surface area contributed by atoms with Gasteiger partial charge >= 0.3 is 0 Å². The molecule has 0 saturated carbocycles. The predicted octanol–water partition coefficient (Wildman–Crippen LogP) is 17.7. The van der Waals surface area contributed by atoms with E-state index in [0.717, 1.165) is 247 Å². The summed E-state index contributed by atoms with van der Waals surface area (Å²) in [6, 6.07) is 47.1. The Hall–Kier alpha value is -14.8. The molecule has 8 aliphatic rings. The highest BCUT2D eigenvalue weighted by molar-refractivity contribution is 6.14. The Balaban J connectivity index is 0.000000117. The number of aromatic nitrogens is 16. The van der Waals surface area contributed by atoms with E-state index in [1.165, 1.54) is 63.4 Å². The average Bonchev–Trinajstić information content (AvgIpc) is 1.65. The fourth-order valence-corrected chi connectivity index (χ4v) is 20.4. The number of carbonyl (C=O) groups excluding carboxylic acids is 4. The maximum atomic E-state index is 13.6. The number of hydrogen-bond donors (Lipinski definition) is 9. The molecule has 0 unspecified atom stereocenters. The van der Waals surface area contributed by atoms with Crippen molar-refractivity contribution >= 4 is 90.0 Å². The van der Waals surface area contributed by atoms with Crippen LogP contribution in [0.5, 0.6) is 0 Å². The van der Waals surface area contributed by atoms with E-state index >= 15 is 0 Å². The van der Waals surface area contributed by atoms with Crippen LogP contribution in [0.3, 0.4) is 0 Å². The molecule has 33 nitrogen and oxygen atoms in total. The van der Waals surface area contributed by atoms with Crippen LogP contribution >= 0.6 is 0 Å². The molecule has 8 aliphatic heterocycles. The minimum Gasteiger partial charge on any atom is -0.393 e. The second-order valence-electron chi connectivity index (χ2n) is 40.6. The highest BCUT2D eigenvalue weighted by Gasteiger charge is 2.39. The number of aromatic amines is 4. The number of fused-ring (bicyclic) bond motifs is 4. The number of hydrogen-bond acceptors (Lipinski definition) is 25. The molecule has 37 heteroatoms. The zero-order valence-corrected chi connectivity index (χ0v) is 83.8. The second-order valence-corrected chi connectivity index (χ2v) is 40.6. The summed E-state index contributed by atoms with van der Waals surface area (Å²) in [5, 5.41) is 53.3. The number of rotatable bonds is 28. The van der Waals surface area contributed by atoms with Gasteiger partial charge in [-0.3, -0.25) is 119 Å². The topological polar surface area (TPSA) is 380 Å². The number of pyridine rings is 8. The number of anilines is 4. The second kappa shape index (κ2) is 46.5. The summed E-state index contributed by atoms with van der Waals surface area (Å²) < 4.78 is 54.2. The fraction of sp³-hybridized carbons (Fsp3) is 0.363. The third-order valence-electron chi connectivity index (χ3n) is 29.3. The number of alkyl halides is 4. The average molecular weight is 2030 g/mol. The number of nitrogens with one attached hydrogen (secondary N) is 8. The number of nitrogens with zero attached hydrogens (tertiary/aromatic N) is 20. The molecule has 12 aromatic heterocycles. The number of amides is 4. The van der Waals surface area contributed by atoms with Crippen LogP contribution in [-0.2, 0) is 52.4 Å². The van der Waals surface area contributed by atoms with Gasteiger partial charge in [-0.25, -0.2) is 17.6 Å². The van der Waals surface area contributed by atoms with Crippen molar-refractivity contribution in [3.8, 4) is 44.5 Å². The van der Waals surface area contributed by atoms with Crippen molar-refractivity contribution < 1.29 is 41.8 Å². The first-order valence-corrected chi connectivity index (χ1v) is 52.1. The summed E-state index contributed by atoms with van der Waals surface area (Å²) >= 11 is 0. The maximum Gasteiger partial charge on any atom is 0.276 e. The third-order valence-corrected chi connectivity index (χ3v) is 29.3. The van der Waals surface area contributed by atoms with Gasteiger partial charge in [0.1, 0.15) is 0 Å². The molecule has 4 aromatic carbocycles. The van der Waals surface area contributed by atoms with Crippen LogP contribution in [0.1, 0.15) is 177 Å². The SMILES string of the molecule is O=C(Nc1ccc(CN2CCC2)nc1)c1n[nH]c2ccc(-c3cncc(CN4CCC(F)(F)C4)c3)cc12.O=C(Nc1ccc(CN2CCC2)nc1)c1n[nH]c2ccc(-c3cncc(CN4CCC(F)(F)CC4)c3)cc12.O=C(Nc1ccc(CN2CCCCC2)nc1)c1n[nH]c2ccc(-c3cncc(CN4CCC(O)CC4)c3)cc12.O=C(Nc1ccc(CN2CCCCC2)nc1)c1n[nH]c2ccc(-c3cncc(CN4CCC4)c3)cc12. The lowest BCUT2D eigenvalue weighted by Gasteiger charge is -2.31. The molecule has 772 valence electrons. The normalized spacial score (nSPS) is 17.4. The van der Waals surface area contributed by atoms with E-state index in [1.54, 1.807) is 54.5 Å². The summed E-state index contributed by atoms with van der Waals surface area (Å²) in [5.74, 6) is -6.37. The first-order valence-electron chi connectivity index (χ1n) is 52.1. The fourth-order valence-electron chi connectivity index (χ4n) is 20.4. The molecule has 0 radical (unpaired) electrons. The first-order chi connectivity index (χ1) is 73.1. The van der Waals surface area contributed by atoms with Crippen molar-refractivity contribution in [3.63, 3.8) is 0 Å². The van der Waals surface area contributed by atoms with Gasteiger partial charge in [0, 0.05) is 198 Å². The van der Waals surface area contributed by atoms with Crippen molar-refractivity contribution in [2.75, 3.05) is 126 Å². The van der Waals surface area contributed by atoms with Gasteiger partial charge in [-0.15, -0.1) is 0 Å². The molecular formula is C113H122F4N28O5. The summed E-state index contributed by atoms with van der Waals surface area (Å²) in [6.45, 7) is 20.0. The molecule has 0 bridgehead atoms. The van der Waals surface area contributed by atoms with Crippen molar-refractivity contribution in [3.05, 3.63) is 288 Å². The number of H-pyrrole nitrogens is 4. The molecule has 9 N–H and O–H groups in total. The van der Waals surface area contributed by atoms with Gasteiger partial charge in [-0.2, -0.15) is 20.4 Å². The Morgan fingerprint density at radius 2 is 0.540 bits per heavy atom. The van der Waals surface area contributed by atoms with Gasteiger partial charge in [-0.1, -0.05) is 37.1 Å². The van der Waals surface area contributed by atoms with E-state index in [9.17, 15) is 41.8 Å². The standard InChI is InChI=1S/C30H35N7O2.C28H29F2N7O.C28H31N7O.C27H27F2N7O/c38-26-8-12-37(13-9-26)19-21-14-23(17-31-16-21)22-4-7-28-27(15-22)29(35-34-28)30(39)33-24-5-6-25(32-18-24)20-36-10-2-1-3-11-36;29-28(30)6-10-37(11-7-28)17-19-12-21(15-31-14-19)20-2-5-25-24(13-20)26(35-34-25)27(38)33-22-3-4-23(32-16-22)18-36-8-1-9-36;36-28(31-23-6-7-24(30-17-23)19-35-9-2-1-3-10-35)27-25-14-21(5-8-26(25)32-33-27)22-13-20(15-29-16-22)18-34-11-4-12-34;28-27(29)6-9-36(17-27)15-18-10-20(13-30-12-18)19-2-5-24-23(11-19)25(34-33-24)26(37)32-21-3-4-22(31-14-21)16-35-7-1-8-35/h4-7,14-18,26,38H,1-3,8-13,19-20H2,(H,33,39)(H,34,35);2-5,12-16H,1,6-11,17-18H2,(H,33,38)(H,34,35);5-8,13-17H,1-4,9-12,18-19H2,(H,31,36)(H,32,33);2-5,10-14H,1,6-9,15-17H2,(H,32,37)(H,33,34). The van der Waals surface area contributed by atoms with Crippen LogP contribution < -0.4 is 21.3 Å². The number of carbonyl (C=O) groups is 4. The van der Waals surface area contributed by atoms with Crippen LogP contribution in [-0.4, -0.2) is 271 Å². The Morgan fingerprint density at radius 1 is 0.280 bits per heavy atom. The summed E-state index contributed by atoms with van der Waals surface area (Å²) in [6.07, 6.45) is 33.8. The first kappa shape index (κ1) is 101. The molecule has 0 spiro atoms. The van der Waals surface area contributed by atoms with Crippen LogP contribution in [0.25, 0.3) is 88.1 Å². The number of piperidine rings is 4. The predicted molar refractivity (Wildman–Crippen MR) is 569 cm³/mol. The Bertz CT molecular complexity index is 7390. The minimum atomic E-state index is -2.62. The Labute approximate surface area is 865 Å². The number of aliphatic hydroxyl groups excluding tert-OH is 1. The van der Waals surface area contributed by atoms with E-state index in [-0.39, 0.29) is 61.2 Å². The molecule has 8 fully saturated rings. The quantitative estimate of drug-likeness (QED) is 0.0206. The molecule has 150 heavy (non-hydrogen) atoms. The Morgan fingerprint density at radius 3 is 0.807 bits per heavy atom. The molecule has 4 amide bonds. The highest BCUT2D eigenvalue weighted by Crippen LogP contribution is 2.37. The van der Waals surface area contributed by atoms with Gasteiger partial charge in [0.05, 0.1) is 105 Å². The lowest BCUT2D eigenvalue weighted by atomic mass is 10.0. The van der Waals surface area contributed by atoms with E-state index in [4.69, 9.17) is 0 Å². The van der Waals surface area contributed by atoms with E-state index in [0.29, 0.717) is 83.3 Å². The lowest BCUT2D eigenvalue weighted by Crippen LogP contribution is -2.38. The van der Waals surface area contributed by atoms with Gasteiger partial charge in [0.2, 0.25) is 0 Å². The third kappa shape index (κ3) is 25.8. The smallest absolute Gasteiger partial charge is 0.276 e. The number of benzene rings is 4. The molecular weight excluding hydrogens is 1910 g/mol. The monoisotopic (exact) mass is 2030 g/mol. The molecule has 16 aromatic rings.